The van der Waals surface area contributed by atoms with Crippen LogP contribution in [0.5, 0.6) is 0 Å². The van der Waals surface area contributed by atoms with Crippen LogP contribution in [0, 0.1) is 11.6 Å². The van der Waals surface area contributed by atoms with Gasteiger partial charge in [0.15, 0.2) is 0 Å². The average molecular weight is 430 g/mol. The van der Waals surface area contributed by atoms with E-state index in [1.54, 1.807) is 12.4 Å². The highest BCUT2D eigenvalue weighted by atomic mass is 35.5. The molecule has 1 aliphatic rings. The van der Waals surface area contributed by atoms with E-state index in [9.17, 15) is 8.78 Å². The Morgan fingerprint density at radius 2 is 1.77 bits per heavy atom. The van der Waals surface area contributed by atoms with Crippen molar-refractivity contribution in [3.63, 3.8) is 0 Å². The van der Waals surface area contributed by atoms with Gasteiger partial charge in [-0.15, -0.1) is 0 Å². The molecule has 0 spiro atoms. The molecule has 3 N–H and O–H groups in total. The maximum Gasteiger partial charge on any atom is 0.126 e. The maximum atomic E-state index is 13.4. The molecule has 156 valence electrons. The third kappa shape index (κ3) is 5.23. The number of benzene rings is 1. The smallest absolute Gasteiger partial charge is 0.126 e. The van der Waals surface area contributed by atoms with Crippen molar-refractivity contribution < 1.29 is 8.78 Å². The van der Waals surface area contributed by atoms with E-state index in [4.69, 9.17) is 11.6 Å². The lowest BCUT2D eigenvalue weighted by atomic mass is 10.1. The maximum absolute atomic E-state index is 13.4. The monoisotopic (exact) mass is 429 g/mol. The molecule has 0 radical (unpaired) electrons. The molecule has 0 atom stereocenters. The van der Waals surface area contributed by atoms with Crippen molar-refractivity contribution in [3.05, 3.63) is 71.0 Å². The molecule has 0 bridgehead atoms. The predicted octanol–water partition coefficient (Wildman–Crippen LogP) is 4.85. The summed E-state index contributed by atoms with van der Waals surface area (Å²) in [7, 11) is 0. The first kappa shape index (κ1) is 20.5. The summed E-state index contributed by atoms with van der Waals surface area (Å²) in [5.74, 6) is 0.150. The molecule has 0 aliphatic carbocycles. The molecule has 1 saturated heterocycles. The Morgan fingerprint density at radius 1 is 1.00 bits per heavy atom. The van der Waals surface area contributed by atoms with Crippen molar-refractivity contribution in [1.29, 1.82) is 0 Å². The summed E-state index contributed by atoms with van der Waals surface area (Å²) in [6.07, 6.45) is 5.40. The number of halogens is 3. The number of nitrogens with one attached hydrogen (secondary N) is 3. The van der Waals surface area contributed by atoms with Crippen LogP contribution in [0.1, 0.15) is 18.4 Å². The van der Waals surface area contributed by atoms with Gasteiger partial charge in [-0.25, -0.2) is 18.7 Å². The van der Waals surface area contributed by atoms with Gasteiger partial charge in [0.2, 0.25) is 0 Å². The number of rotatable bonds is 6. The minimum Gasteiger partial charge on any atom is -0.367 e. The number of nitrogens with zero attached hydrogens (tertiary/aromatic N) is 2. The van der Waals surface area contributed by atoms with Gasteiger partial charge in [0.1, 0.15) is 23.3 Å². The van der Waals surface area contributed by atoms with Crippen LogP contribution in [0.25, 0.3) is 11.1 Å². The highest BCUT2D eigenvalue weighted by Gasteiger charge is 2.14. The van der Waals surface area contributed by atoms with Gasteiger partial charge in [-0.1, -0.05) is 11.6 Å². The Kier molecular flexibility index (Phi) is 6.40. The summed E-state index contributed by atoms with van der Waals surface area (Å²) < 4.78 is 26.8. The molecular weight excluding hydrogens is 408 g/mol. The zero-order valence-electron chi connectivity index (χ0n) is 16.3. The van der Waals surface area contributed by atoms with Gasteiger partial charge in [-0.2, -0.15) is 0 Å². The topological polar surface area (TPSA) is 61.9 Å². The Morgan fingerprint density at radius 3 is 2.53 bits per heavy atom. The summed E-state index contributed by atoms with van der Waals surface area (Å²) in [6, 6.07) is 9.47. The first-order chi connectivity index (χ1) is 14.6. The van der Waals surface area contributed by atoms with E-state index in [0.717, 1.165) is 48.9 Å². The molecule has 5 nitrogen and oxygen atoms in total. The second kappa shape index (κ2) is 9.36. The van der Waals surface area contributed by atoms with Gasteiger partial charge in [-0.05, 0) is 67.4 Å². The van der Waals surface area contributed by atoms with Crippen LogP contribution in [0.2, 0.25) is 5.02 Å². The first-order valence-electron chi connectivity index (χ1n) is 9.85. The third-order valence-electron chi connectivity index (χ3n) is 5.01. The highest BCUT2D eigenvalue weighted by Crippen LogP contribution is 2.30. The number of hydrogen-bond acceptors (Lipinski definition) is 5. The fourth-order valence-corrected chi connectivity index (χ4v) is 3.73. The van der Waals surface area contributed by atoms with Crippen LogP contribution in [0.4, 0.5) is 20.4 Å². The fourth-order valence-electron chi connectivity index (χ4n) is 3.51. The molecule has 8 heteroatoms. The van der Waals surface area contributed by atoms with Crippen LogP contribution in [-0.2, 0) is 6.54 Å². The van der Waals surface area contributed by atoms with Crippen molar-refractivity contribution in [1.82, 2.24) is 15.3 Å². The van der Waals surface area contributed by atoms with Gasteiger partial charge < -0.3 is 16.0 Å². The molecule has 4 rings (SSSR count). The largest absolute Gasteiger partial charge is 0.367 e. The number of aromatic nitrogens is 2. The van der Waals surface area contributed by atoms with Crippen molar-refractivity contribution in [2.24, 2.45) is 0 Å². The van der Waals surface area contributed by atoms with Crippen LogP contribution in [0.15, 0.2) is 48.8 Å². The summed E-state index contributed by atoms with van der Waals surface area (Å²) >= 11 is 6.41. The van der Waals surface area contributed by atoms with Crippen LogP contribution >= 0.6 is 11.6 Å². The lowest BCUT2D eigenvalue weighted by Gasteiger charge is -2.24. The second-order valence-electron chi connectivity index (χ2n) is 7.28. The van der Waals surface area contributed by atoms with Gasteiger partial charge in [-0.3, -0.25) is 0 Å². The fraction of sp³-hybridized carbons (Fsp3) is 0.273. The van der Waals surface area contributed by atoms with Crippen LogP contribution < -0.4 is 16.0 Å². The molecule has 3 heterocycles. The quantitative estimate of drug-likeness (QED) is 0.522. The summed E-state index contributed by atoms with van der Waals surface area (Å²) in [5.41, 5.74) is 2.21. The molecule has 0 unspecified atom stereocenters. The van der Waals surface area contributed by atoms with E-state index in [0.29, 0.717) is 22.4 Å². The second-order valence-corrected chi connectivity index (χ2v) is 7.69. The predicted molar refractivity (Wildman–Crippen MR) is 116 cm³/mol. The van der Waals surface area contributed by atoms with Crippen molar-refractivity contribution >= 4 is 23.2 Å². The zero-order chi connectivity index (χ0) is 20.9. The summed E-state index contributed by atoms with van der Waals surface area (Å²) in [6.45, 7) is 2.23. The minimum atomic E-state index is -0.606. The van der Waals surface area contributed by atoms with Crippen molar-refractivity contribution in [2.45, 2.75) is 25.4 Å². The van der Waals surface area contributed by atoms with E-state index in [2.05, 4.69) is 25.9 Å². The van der Waals surface area contributed by atoms with Gasteiger partial charge in [0, 0.05) is 36.6 Å². The Labute approximate surface area is 178 Å². The van der Waals surface area contributed by atoms with E-state index < -0.39 is 11.6 Å². The molecular formula is C22H22ClF2N5. The summed E-state index contributed by atoms with van der Waals surface area (Å²) in [5, 5.41) is 10.5. The van der Waals surface area contributed by atoms with Crippen LogP contribution in [-0.4, -0.2) is 29.1 Å². The zero-order valence-corrected chi connectivity index (χ0v) is 17.0. The Bertz CT molecular complexity index is 1000. The van der Waals surface area contributed by atoms with E-state index in [1.807, 2.05) is 18.2 Å². The molecule has 2 aromatic heterocycles. The molecule has 3 aromatic rings. The lowest BCUT2D eigenvalue weighted by molar-refractivity contribution is 0.478. The molecule has 1 aliphatic heterocycles. The standard InChI is InChI=1S/C22H22ClF2N5/c23-20-13-29-22(30-18-2-4-26-5-3-18)11-19(20)15-1-6-27-21(9-15)28-12-14-7-16(24)10-17(25)8-14/h1,6-11,13,18,26H,2-5,12H2,(H,27,28)(H,29,30). The van der Waals surface area contributed by atoms with Crippen molar-refractivity contribution in [3.8, 4) is 11.1 Å². The van der Waals surface area contributed by atoms with E-state index >= 15 is 0 Å². The summed E-state index contributed by atoms with van der Waals surface area (Å²) in [4.78, 5) is 8.70. The highest BCUT2D eigenvalue weighted by molar-refractivity contribution is 6.33. The minimum absolute atomic E-state index is 0.248. The number of anilines is 2. The number of pyridine rings is 2. The molecule has 0 amide bonds. The van der Waals surface area contributed by atoms with Gasteiger partial charge in [0.05, 0.1) is 5.02 Å². The third-order valence-corrected chi connectivity index (χ3v) is 5.31. The molecule has 0 saturated carbocycles. The SMILES string of the molecule is Fc1cc(F)cc(CNc2cc(-c3cc(NC4CCNCC4)ncc3Cl)ccn2)c1. The molecule has 1 fully saturated rings. The average Bonchev–Trinajstić information content (AvgIpc) is 2.74. The lowest BCUT2D eigenvalue weighted by Crippen LogP contribution is -2.35. The van der Waals surface area contributed by atoms with E-state index in [1.165, 1.54) is 12.1 Å². The molecule has 30 heavy (non-hydrogen) atoms. The Hall–Kier alpha value is -2.77. The van der Waals surface area contributed by atoms with Gasteiger partial charge >= 0.3 is 0 Å². The van der Waals surface area contributed by atoms with E-state index in [-0.39, 0.29) is 6.54 Å². The van der Waals surface area contributed by atoms with Crippen molar-refractivity contribution in [2.75, 3.05) is 23.7 Å². The first-order valence-corrected chi connectivity index (χ1v) is 10.2. The van der Waals surface area contributed by atoms with Gasteiger partial charge in [0.25, 0.3) is 0 Å². The number of hydrogen-bond donors (Lipinski definition) is 3. The van der Waals surface area contributed by atoms with Crippen LogP contribution in [0.3, 0.4) is 0 Å². The number of piperidine rings is 1. The molecule has 1 aromatic carbocycles. The Balaban J connectivity index is 1.50. The normalized spacial score (nSPS) is 14.5.